The predicted molar refractivity (Wildman–Crippen MR) is 372 cm³/mol. The molecule has 5 heteroatoms. The third-order valence-electron chi connectivity index (χ3n) is 21.1. The molecular weight excluding hydrogens is 1040 g/mol. The van der Waals surface area contributed by atoms with Crippen molar-refractivity contribution < 1.29 is 0 Å². The van der Waals surface area contributed by atoms with Crippen molar-refractivity contribution in [1.29, 1.82) is 0 Å². The zero-order valence-electron chi connectivity index (χ0n) is 53.9. The molecule has 0 fully saturated rings. The molecule has 3 nitrogen and oxygen atoms in total. The Labute approximate surface area is 505 Å². The third-order valence-corrected chi connectivity index (χ3v) is 26.0. The Morgan fingerprint density at radius 3 is 1.47 bits per heavy atom. The van der Waals surface area contributed by atoms with E-state index in [0.717, 1.165) is 0 Å². The molecule has 0 unspecified atom stereocenters. The van der Waals surface area contributed by atoms with Crippen LogP contribution in [0.15, 0.2) is 140 Å². The van der Waals surface area contributed by atoms with E-state index >= 15 is 0 Å². The first kappa shape index (κ1) is 53.2. The van der Waals surface area contributed by atoms with Crippen molar-refractivity contribution in [3.63, 3.8) is 0 Å². The number of hydrogen-bond acceptors (Lipinski definition) is 0. The monoisotopic (exact) mass is 1120 g/mol. The van der Waals surface area contributed by atoms with Crippen molar-refractivity contribution in [2.24, 2.45) is 0 Å². The van der Waals surface area contributed by atoms with Gasteiger partial charge in [0.15, 0.2) is 8.07 Å². The van der Waals surface area contributed by atoms with Crippen molar-refractivity contribution in [2.75, 3.05) is 0 Å². The number of aromatic nitrogens is 3. The third kappa shape index (κ3) is 6.86. The second kappa shape index (κ2) is 16.6. The molecule has 424 valence electrons. The van der Waals surface area contributed by atoms with Crippen molar-refractivity contribution in [1.82, 2.24) is 13.7 Å². The molecule has 85 heavy (non-hydrogen) atoms. The zero-order chi connectivity index (χ0) is 59.6. The molecule has 0 radical (unpaired) electrons. The van der Waals surface area contributed by atoms with E-state index in [1.807, 2.05) is 0 Å². The Bertz CT molecular complexity index is 4950. The molecule has 16 rings (SSSR count). The molecule has 0 saturated heterocycles. The highest BCUT2D eigenvalue weighted by atomic mass is 28.3. The molecule has 0 saturated carbocycles. The van der Waals surface area contributed by atoms with Crippen molar-refractivity contribution >= 4 is 117 Å². The average molecular weight is 1120 g/mol. The molecule has 4 aliphatic heterocycles. The van der Waals surface area contributed by atoms with Crippen LogP contribution in [0.3, 0.4) is 0 Å². The standard InChI is InChI=1S/C80H82BN3Si/c1-43(2)45-21-31-61-59(34-45)69-64(82(61)52-26-22-47(23-27-52)76(5,6)7)42-58-53-28-20-46(44(3)4)35-63(53)83-62-32-33-65-75-70(62)81(71(69)74(58)83)60-38-50(79(14,15)16)36-56-57-37-51(80(17,18)19)41-68(73(57)84(75)72(56)60)85(65)66-39-48(77(8,9)10)24-29-54(66)55-30-25-49(40-67(55)85)78(11,12)13/h20-44H,1-19H3. The fourth-order valence-corrected chi connectivity index (χ4v) is 22.0. The largest absolute Gasteiger partial charge is 0.310 e. The maximum atomic E-state index is 2.88. The lowest BCUT2D eigenvalue weighted by Crippen LogP contribution is -2.77. The van der Waals surface area contributed by atoms with Gasteiger partial charge in [-0.2, -0.15) is 0 Å². The van der Waals surface area contributed by atoms with E-state index in [-0.39, 0.29) is 33.8 Å². The van der Waals surface area contributed by atoms with Gasteiger partial charge in [-0.15, -0.1) is 0 Å². The minimum absolute atomic E-state index is 0.0321. The SMILES string of the molecule is CC(C)c1ccc2c(c1)c1c3c4c(cc1n2-c1ccc(C(C)(C)C)cc1)c1ccc(C(C)C)cc1n4-c1ccc2c4c1B3c1cc(C(C)(C)C)cc3c5cc(C(C)(C)C)cc(c5n-4c13)[Si]21c2cc(C(C)(C)C)ccc2-c2ccc(C(C)(C)C)cc21. The van der Waals surface area contributed by atoms with Crippen LogP contribution in [0.2, 0.25) is 0 Å². The molecule has 7 heterocycles. The van der Waals surface area contributed by atoms with Gasteiger partial charge in [0.05, 0.1) is 27.6 Å². The molecule has 12 aromatic rings. The summed E-state index contributed by atoms with van der Waals surface area (Å²) in [4.78, 5) is 0. The van der Waals surface area contributed by atoms with E-state index in [1.165, 1.54) is 154 Å². The van der Waals surface area contributed by atoms with Gasteiger partial charge in [0.25, 0.3) is 6.71 Å². The summed E-state index contributed by atoms with van der Waals surface area (Å²) < 4.78 is 8.29. The van der Waals surface area contributed by atoms with Gasteiger partial charge in [-0.25, -0.2) is 0 Å². The van der Waals surface area contributed by atoms with Gasteiger partial charge in [-0.05, 0) is 181 Å². The molecule has 3 aromatic heterocycles. The maximum absolute atomic E-state index is 3.24. The quantitative estimate of drug-likeness (QED) is 0.157. The number of benzene rings is 9. The van der Waals surface area contributed by atoms with Gasteiger partial charge < -0.3 is 13.7 Å². The summed E-state index contributed by atoms with van der Waals surface area (Å²) in [7, 11) is -3.24. The Balaban J connectivity index is 1.18. The Morgan fingerprint density at radius 1 is 0.353 bits per heavy atom. The second-order valence-corrected chi connectivity index (χ2v) is 35.9. The molecule has 0 atom stereocenters. The van der Waals surface area contributed by atoms with Crippen LogP contribution >= 0.6 is 0 Å². The van der Waals surface area contributed by atoms with E-state index in [4.69, 9.17) is 0 Å². The molecule has 9 aromatic carbocycles. The van der Waals surface area contributed by atoms with Gasteiger partial charge in [-0.1, -0.05) is 216 Å². The van der Waals surface area contributed by atoms with E-state index < -0.39 is 8.07 Å². The van der Waals surface area contributed by atoms with Crippen LogP contribution < -0.4 is 37.1 Å². The van der Waals surface area contributed by atoms with Gasteiger partial charge in [-0.3, -0.25) is 0 Å². The number of hydrogen-bond donors (Lipinski definition) is 0. The van der Waals surface area contributed by atoms with Crippen LogP contribution in [0.4, 0.5) is 0 Å². The first-order valence-corrected chi connectivity index (χ1v) is 33.8. The minimum Gasteiger partial charge on any atom is -0.310 e. The van der Waals surface area contributed by atoms with Crippen LogP contribution in [0.25, 0.3) is 93.6 Å². The van der Waals surface area contributed by atoms with Gasteiger partial charge in [0.2, 0.25) is 0 Å². The summed E-state index contributed by atoms with van der Waals surface area (Å²) in [5, 5.41) is 14.3. The second-order valence-electron chi connectivity index (χ2n) is 32.2. The minimum atomic E-state index is -3.24. The normalized spacial score (nSPS) is 15.0. The van der Waals surface area contributed by atoms with Crippen LogP contribution in [0, 0.1) is 0 Å². The van der Waals surface area contributed by atoms with Crippen molar-refractivity contribution in [3.8, 4) is 28.2 Å². The summed E-state index contributed by atoms with van der Waals surface area (Å²) >= 11 is 0. The number of nitrogens with zero attached hydrogens (tertiary/aromatic N) is 3. The summed E-state index contributed by atoms with van der Waals surface area (Å²) in [5.74, 6) is 0.730. The van der Waals surface area contributed by atoms with Crippen molar-refractivity contribution in [2.45, 2.75) is 170 Å². The lowest BCUT2D eigenvalue weighted by molar-refractivity contribution is 0.590. The van der Waals surface area contributed by atoms with E-state index in [1.54, 1.807) is 15.6 Å². The van der Waals surface area contributed by atoms with Gasteiger partial charge in [0, 0.05) is 54.9 Å². The Kier molecular flexibility index (Phi) is 10.4. The topological polar surface area (TPSA) is 14.8 Å². The van der Waals surface area contributed by atoms with Gasteiger partial charge >= 0.3 is 0 Å². The van der Waals surface area contributed by atoms with Crippen LogP contribution in [0.1, 0.15) is 182 Å². The zero-order valence-corrected chi connectivity index (χ0v) is 54.9. The molecule has 0 aliphatic carbocycles. The summed E-state index contributed by atoms with van der Waals surface area (Å²) in [6.07, 6.45) is 0. The molecule has 0 N–H and O–H groups in total. The first-order valence-electron chi connectivity index (χ1n) is 31.8. The molecule has 1 spiro atoms. The molecule has 0 bridgehead atoms. The average Bonchev–Trinajstić information content (AvgIpc) is 1.55. The van der Waals surface area contributed by atoms with Crippen molar-refractivity contribution in [3.05, 3.63) is 178 Å². The fourth-order valence-electron chi connectivity index (χ4n) is 16.3. The van der Waals surface area contributed by atoms with Crippen LogP contribution in [-0.4, -0.2) is 28.5 Å². The highest BCUT2D eigenvalue weighted by Crippen LogP contribution is 2.48. The maximum Gasteiger partial charge on any atom is 0.253 e. The number of fused-ring (bicyclic) bond motifs is 18. The lowest BCUT2D eigenvalue weighted by Gasteiger charge is -2.43. The smallest absolute Gasteiger partial charge is 0.253 e. The first-order chi connectivity index (χ1) is 40.0. The Hall–Kier alpha value is -7.34. The summed E-state index contributed by atoms with van der Waals surface area (Å²) in [5.41, 5.74) is 28.6. The van der Waals surface area contributed by atoms with E-state index in [2.05, 4.69) is 285 Å². The summed E-state index contributed by atoms with van der Waals surface area (Å²) in [6.45, 7) is 45.5. The molecular formula is C80H82BN3Si. The highest BCUT2D eigenvalue weighted by molar-refractivity contribution is 7.24. The molecule has 4 aliphatic rings. The Morgan fingerprint density at radius 2 is 0.882 bits per heavy atom. The summed E-state index contributed by atoms with van der Waals surface area (Å²) in [6, 6.07) is 58.5. The van der Waals surface area contributed by atoms with E-state index in [9.17, 15) is 0 Å². The van der Waals surface area contributed by atoms with Gasteiger partial charge in [0.1, 0.15) is 0 Å². The predicted octanol–water partition coefficient (Wildman–Crippen LogP) is 16.5. The lowest BCUT2D eigenvalue weighted by atomic mass is 9.33. The highest BCUT2D eigenvalue weighted by Gasteiger charge is 2.57. The van der Waals surface area contributed by atoms with Crippen LogP contribution in [0.5, 0.6) is 0 Å². The van der Waals surface area contributed by atoms with E-state index in [0.29, 0.717) is 11.8 Å². The van der Waals surface area contributed by atoms with Crippen LogP contribution in [-0.2, 0) is 27.1 Å². The number of rotatable bonds is 3. The molecule has 0 amide bonds. The fraction of sp³-hybridized carbons (Fsp3) is 0.325.